The van der Waals surface area contributed by atoms with Gasteiger partial charge in [-0.05, 0) is 50.0 Å². The van der Waals surface area contributed by atoms with Crippen LogP contribution in [-0.4, -0.2) is 25.8 Å². The first kappa shape index (κ1) is 16.3. The Labute approximate surface area is 126 Å². The van der Waals surface area contributed by atoms with Crippen LogP contribution in [-0.2, 0) is 4.74 Å². The molecule has 2 fully saturated rings. The first-order valence-electron chi connectivity index (χ1n) is 8.85. The predicted octanol–water partition coefficient (Wildman–Crippen LogP) is 4.39. The largest absolute Gasteiger partial charge is 0.377 e. The van der Waals surface area contributed by atoms with Crippen molar-refractivity contribution in [1.82, 2.24) is 5.32 Å². The lowest BCUT2D eigenvalue weighted by molar-refractivity contribution is -0.0358. The van der Waals surface area contributed by atoms with E-state index >= 15 is 0 Å². The van der Waals surface area contributed by atoms with E-state index in [4.69, 9.17) is 4.74 Å². The highest BCUT2D eigenvalue weighted by molar-refractivity contribution is 4.90. The molecule has 2 aliphatic rings. The number of rotatable bonds is 7. The summed E-state index contributed by atoms with van der Waals surface area (Å²) in [6.07, 6.45) is 11.2. The van der Waals surface area contributed by atoms with E-state index < -0.39 is 0 Å². The Hall–Kier alpha value is -0.0800. The number of likely N-dealkylation sites (N-methyl/N-ethyl adjacent to an activating group) is 1. The smallest absolute Gasteiger partial charge is 0.0730 e. The van der Waals surface area contributed by atoms with E-state index in [0.717, 1.165) is 18.4 Å². The first-order valence-corrected chi connectivity index (χ1v) is 8.85. The second kappa shape index (κ2) is 7.26. The van der Waals surface area contributed by atoms with Gasteiger partial charge in [-0.15, -0.1) is 0 Å². The molecule has 0 aromatic heterocycles. The zero-order valence-electron chi connectivity index (χ0n) is 14.1. The molecule has 0 aliphatic heterocycles. The number of nitrogens with one attached hydrogen (secondary N) is 1. The van der Waals surface area contributed by atoms with Gasteiger partial charge in [-0.3, -0.25) is 0 Å². The maximum atomic E-state index is 6.30. The maximum Gasteiger partial charge on any atom is 0.0730 e. The zero-order valence-corrected chi connectivity index (χ0v) is 14.1. The molecule has 0 aromatic carbocycles. The maximum absolute atomic E-state index is 6.30. The quantitative estimate of drug-likeness (QED) is 0.747. The Bertz CT molecular complexity index is 285. The molecule has 2 nitrogen and oxygen atoms in total. The minimum atomic E-state index is 0.435. The standard InChI is InChI=1S/C18H35NO/c1-5-18(2,3)15-9-10-16(19-4)17(13-15)20-12-11-14-7-6-8-14/h14-17,19H,5-13H2,1-4H3. The molecule has 2 heteroatoms. The number of hydrogen-bond donors (Lipinski definition) is 1. The summed E-state index contributed by atoms with van der Waals surface area (Å²) >= 11 is 0. The Morgan fingerprint density at radius 3 is 2.45 bits per heavy atom. The minimum absolute atomic E-state index is 0.435. The van der Waals surface area contributed by atoms with Crippen LogP contribution in [0.5, 0.6) is 0 Å². The molecule has 0 spiro atoms. The van der Waals surface area contributed by atoms with Crippen molar-refractivity contribution in [2.75, 3.05) is 13.7 Å². The van der Waals surface area contributed by atoms with E-state index in [-0.39, 0.29) is 0 Å². The fraction of sp³-hybridized carbons (Fsp3) is 1.00. The molecular weight excluding hydrogens is 246 g/mol. The third-order valence-corrected chi connectivity index (χ3v) is 6.26. The monoisotopic (exact) mass is 281 g/mol. The fourth-order valence-corrected chi connectivity index (χ4v) is 3.81. The molecule has 0 saturated heterocycles. The van der Waals surface area contributed by atoms with Crippen LogP contribution in [0, 0.1) is 17.3 Å². The van der Waals surface area contributed by atoms with Crippen molar-refractivity contribution in [3.05, 3.63) is 0 Å². The molecule has 3 atom stereocenters. The van der Waals surface area contributed by atoms with Crippen LogP contribution in [0.4, 0.5) is 0 Å². The summed E-state index contributed by atoms with van der Waals surface area (Å²) in [7, 11) is 2.10. The molecule has 20 heavy (non-hydrogen) atoms. The molecule has 2 saturated carbocycles. The highest BCUT2D eigenvalue weighted by Crippen LogP contribution is 2.41. The van der Waals surface area contributed by atoms with Crippen LogP contribution >= 0.6 is 0 Å². The number of hydrogen-bond acceptors (Lipinski definition) is 2. The van der Waals surface area contributed by atoms with E-state index in [1.807, 2.05) is 0 Å². The summed E-state index contributed by atoms with van der Waals surface area (Å²) in [4.78, 5) is 0. The number of ether oxygens (including phenoxy) is 1. The van der Waals surface area contributed by atoms with Gasteiger partial charge in [-0.2, -0.15) is 0 Å². The van der Waals surface area contributed by atoms with Gasteiger partial charge in [-0.25, -0.2) is 0 Å². The van der Waals surface area contributed by atoms with Gasteiger partial charge in [0, 0.05) is 12.6 Å². The van der Waals surface area contributed by atoms with Crippen LogP contribution < -0.4 is 5.32 Å². The SMILES string of the molecule is CCC(C)(C)C1CCC(NC)C(OCCC2CCC2)C1. The zero-order chi connectivity index (χ0) is 14.6. The van der Waals surface area contributed by atoms with Crippen molar-refractivity contribution < 1.29 is 4.74 Å². The van der Waals surface area contributed by atoms with Crippen LogP contribution in [0.25, 0.3) is 0 Å². The molecule has 118 valence electrons. The average molecular weight is 281 g/mol. The molecule has 2 aliphatic carbocycles. The Morgan fingerprint density at radius 2 is 1.90 bits per heavy atom. The van der Waals surface area contributed by atoms with Gasteiger partial charge in [0.15, 0.2) is 0 Å². The van der Waals surface area contributed by atoms with Gasteiger partial charge in [0.25, 0.3) is 0 Å². The third kappa shape index (κ3) is 3.98. The van der Waals surface area contributed by atoms with Gasteiger partial charge in [0.1, 0.15) is 0 Å². The summed E-state index contributed by atoms with van der Waals surface area (Å²) in [6, 6.07) is 0.570. The third-order valence-electron chi connectivity index (χ3n) is 6.26. The second-order valence-electron chi connectivity index (χ2n) is 7.74. The van der Waals surface area contributed by atoms with E-state index in [1.165, 1.54) is 51.4 Å². The van der Waals surface area contributed by atoms with Crippen LogP contribution in [0.1, 0.15) is 72.1 Å². The van der Waals surface area contributed by atoms with Gasteiger partial charge in [0.05, 0.1) is 6.10 Å². The summed E-state index contributed by atoms with van der Waals surface area (Å²) in [5.41, 5.74) is 0.467. The Morgan fingerprint density at radius 1 is 1.15 bits per heavy atom. The summed E-state index contributed by atoms with van der Waals surface area (Å²) in [6.45, 7) is 8.18. The van der Waals surface area contributed by atoms with E-state index in [1.54, 1.807) is 0 Å². The minimum Gasteiger partial charge on any atom is -0.377 e. The fourth-order valence-electron chi connectivity index (χ4n) is 3.81. The van der Waals surface area contributed by atoms with Crippen LogP contribution in [0.3, 0.4) is 0 Å². The summed E-state index contributed by atoms with van der Waals surface area (Å²) in [5, 5.41) is 3.49. The normalized spacial score (nSPS) is 32.1. The topological polar surface area (TPSA) is 21.3 Å². The summed E-state index contributed by atoms with van der Waals surface area (Å²) < 4.78 is 6.30. The molecule has 0 bridgehead atoms. The van der Waals surface area contributed by atoms with Crippen molar-refractivity contribution >= 4 is 0 Å². The van der Waals surface area contributed by atoms with E-state index in [2.05, 4.69) is 33.1 Å². The summed E-state index contributed by atoms with van der Waals surface area (Å²) in [5.74, 6) is 1.79. The highest BCUT2D eigenvalue weighted by atomic mass is 16.5. The van der Waals surface area contributed by atoms with E-state index in [0.29, 0.717) is 17.6 Å². The molecule has 0 amide bonds. The van der Waals surface area contributed by atoms with Gasteiger partial charge >= 0.3 is 0 Å². The van der Waals surface area contributed by atoms with Crippen LogP contribution in [0.15, 0.2) is 0 Å². The van der Waals surface area contributed by atoms with Crippen molar-refractivity contribution in [2.24, 2.45) is 17.3 Å². The highest BCUT2D eigenvalue weighted by Gasteiger charge is 2.37. The van der Waals surface area contributed by atoms with E-state index in [9.17, 15) is 0 Å². The van der Waals surface area contributed by atoms with Crippen molar-refractivity contribution in [3.8, 4) is 0 Å². The van der Waals surface area contributed by atoms with Crippen molar-refractivity contribution in [3.63, 3.8) is 0 Å². The van der Waals surface area contributed by atoms with Crippen molar-refractivity contribution in [1.29, 1.82) is 0 Å². The molecule has 0 aromatic rings. The molecule has 3 unspecified atom stereocenters. The Balaban J connectivity index is 1.81. The molecule has 0 radical (unpaired) electrons. The van der Waals surface area contributed by atoms with Crippen molar-refractivity contribution in [2.45, 2.75) is 84.3 Å². The molecular formula is C18H35NO. The Kier molecular flexibility index (Phi) is 5.92. The van der Waals surface area contributed by atoms with Crippen LogP contribution in [0.2, 0.25) is 0 Å². The second-order valence-corrected chi connectivity index (χ2v) is 7.74. The van der Waals surface area contributed by atoms with Gasteiger partial charge < -0.3 is 10.1 Å². The van der Waals surface area contributed by atoms with Gasteiger partial charge in [-0.1, -0.05) is 46.5 Å². The van der Waals surface area contributed by atoms with Gasteiger partial charge in [0.2, 0.25) is 0 Å². The average Bonchev–Trinajstić information content (AvgIpc) is 2.41. The lowest BCUT2D eigenvalue weighted by Gasteiger charge is -2.43. The lowest BCUT2D eigenvalue weighted by Crippen LogP contribution is -2.46. The molecule has 0 heterocycles. The predicted molar refractivity (Wildman–Crippen MR) is 86.0 cm³/mol. The lowest BCUT2D eigenvalue weighted by atomic mass is 9.68. The first-order chi connectivity index (χ1) is 9.56. The molecule has 2 rings (SSSR count). The molecule has 1 N–H and O–H groups in total.